The van der Waals surface area contributed by atoms with Crippen LogP contribution in [0.4, 0.5) is 11.4 Å². The molecule has 1 aliphatic rings. The molecular formula is C20H22N2O3. The Labute approximate surface area is 147 Å². The van der Waals surface area contributed by atoms with Crippen LogP contribution in [0.25, 0.3) is 0 Å². The van der Waals surface area contributed by atoms with Gasteiger partial charge in [0.05, 0.1) is 18.9 Å². The van der Waals surface area contributed by atoms with Gasteiger partial charge in [-0.1, -0.05) is 23.8 Å². The second-order valence-corrected chi connectivity index (χ2v) is 6.48. The van der Waals surface area contributed by atoms with Crippen LogP contribution in [0.5, 0.6) is 5.75 Å². The molecule has 2 atom stereocenters. The summed E-state index contributed by atoms with van der Waals surface area (Å²) >= 11 is 0. The lowest BCUT2D eigenvalue weighted by Gasteiger charge is -2.09. The van der Waals surface area contributed by atoms with Gasteiger partial charge < -0.3 is 15.4 Å². The highest BCUT2D eigenvalue weighted by molar-refractivity contribution is 6.03. The number of carbonyl (C=O) groups excluding carboxylic acids is 2. The number of ether oxygens (including phenoxy) is 1. The van der Waals surface area contributed by atoms with E-state index in [-0.39, 0.29) is 23.7 Å². The third-order valence-corrected chi connectivity index (χ3v) is 4.44. The van der Waals surface area contributed by atoms with Crippen LogP contribution in [0.1, 0.15) is 17.5 Å². The molecule has 130 valence electrons. The molecule has 3 rings (SSSR count). The maximum absolute atomic E-state index is 12.4. The van der Waals surface area contributed by atoms with E-state index in [4.69, 9.17) is 4.74 Å². The monoisotopic (exact) mass is 338 g/mol. The summed E-state index contributed by atoms with van der Waals surface area (Å²) in [7, 11) is 1.58. The normalized spacial score (nSPS) is 18.4. The van der Waals surface area contributed by atoms with Gasteiger partial charge in [-0.3, -0.25) is 9.59 Å². The molecule has 2 aromatic carbocycles. The van der Waals surface area contributed by atoms with E-state index in [1.165, 1.54) is 0 Å². The minimum Gasteiger partial charge on any atom is -0.497 e. The van der Waals surface area contributed by atoms with Crippen molar-refractivity contribution in [3.05, 3.63) is 53.6 Å². The Morgan fingerprint density at radius 1 is 1.00 bits per heavy atom. The first-order valence-corrected chi connectivity index (χ1v) is 8.31. The average Bonchev–Trinajstić information content (AvgIpc) is 3.38. The quantitative estimate of drug-likeness (QED) is 0.876. The molecule has 2 amide bonds. The van der Waals surface area contributed by atoms with Crippen LogP contribution in [0.3, 0.4) is 0 Å². The highest BCUT2D eigenvalue weighted by atomic mass is 16.5. The van der Waals surface area contributed by atoms with Gasteiger partial charge in [0.15, 0.2) is 0 Å². The molecule has 2 aromatic rings. The number of benzene rings is 2. The molecule has 2 unspecified atom stereocenters. The molecule has 0 bridgehead atoms. The summed E-state index contributed by atoms with van der Waals surface area (Å²) in [4.78, 5) is 24.7. The lowest BCUT2D eigenvalue weighted by molar-refractivity contribution is -0.122. The van der Waals surface area contributed by atoms with Crippen molar-refractivity contribution in [1.82, 2.24) is 0 Å². The van der Waals surface area contributed by atoms with Crippen molar-refractivity contribution < 1.29 is 14.3 Å². The van der Waals surface area contributed by atoms with Gasteiger partial charge in [0.1, 0.15) is 5.75 Å². The number of anilines is 2. The van der Waals surface area contributed by atoms with E-state index in [1.54, 1.807) is 19.2 Å². The van der Waals surface area contributed by atoms with E-state index in [9.17, 15) is 9.59 Å². The summed E-state index contributed by atoms with van der Waals surface area (Å²) in [5, 5.41) is 5.77. The van der Waals surface area contributed by atoms with Gasteiger partial charge in [-0.15, -0.1) is 0 Å². The zero-order valence-electron chi connectivity index (χ0n) is 14.6. The number of hydrogen-bond donors (Lipinski definition) is 2. The van der Waals surface area contributed by atoms with Gasteiger partial charge in [0, 0.05) is 17.4 Å². The summed E-state index contributed by atoms with van der Waals surface area (Å²) in [5.74, 6) is -0.104. The number of amides is 2. The van der Waals surface area contributed by atoms with Gasteiger partial charge in [-0.05, 0) is 44.0 Å². The first kappa shape index (κ1) is 17.0. The van der Waals surface area contributed by atoms with Crippen LogP contribution in [-0.4, -0.2) is 18.9 Å². The SMILES string of the molecule is COc1cccc(NC(=O)C2CC2C(=O)Nc2ccc(C)cc2C)c1. The molecule has 0 saturated heterocycles. The van der Waals surface area contributed by atoms with Crippen LogP contribution < -0.4 is 15.4 Å². The van der Waals surface area contributed by atoms with E-state index in [0.29, 0.717) is 17.9 Å². The Hall–Kier alpha value is -2.82. The fourth-order valence-electron chi connectivity index (χ4n) is 2.89. The van der Waals surface area contributed by atoms with Crippen molar-refractivity contribution >= 4 is 23.2 Å². The lowest BCUT2D eigenvalue weighted by Crippen LogP contribution is -2.20. The number of hydrogen-bond acceptors (Lipinski definition) is 3. The molecule has 0 radical (unpaired) electrons. The Morgan fingerprint density at radius 3 is 2.40 bits per heavy atom. The molecule has 25 heavy (non-hydrogen) atoms. The minimum absolute atomic E-state index is 0.0993. The Balaban J connectivity index is 1.57. The molecule has 5 nitrogen and oxygen atoms in total. The molecule has 0 heterocycles. The highest BCUT2D eigenvalue weighted by Crippen LogP contribution is 2.40. The first-order chi connectivity index (χ1) is 12.0. The summed E-state index contributed by atoms with van der Waals surface area (Å²) in [5.41, 5.74) is 3.64. The van der Waals surface area contributed by atoms with Crippen LogP contribution in [0, 0.1) is 25.7 Å². The van der Waals surface area contributed by atoms with Crippen molar-refractivity contribution in [2.75, 3.05) is 17.7 Å². The van der Waals surface area contributed by atoms with Crippen molar-refractivity contribution in [1.29, 1.82) is 0 Å². The highest BCUT2D eigenvalue weighted by Gasteiger charge is 2.48. The summed E-state index contributed by atoms with van der Waals surface area (Å²) in [6.07, 6.45) is 0.576. The van der Waals surface area contributed by atoms with Gasteiger partial charge in [-0.25, -0.2) is 0 Å². The van der Waals surface area contributed by atoms with Crippen molar-refractivity contribution in [2.24, 2.45) is 11.8 Å². The smallest absolute Gasteiger partial charge is 0.228 e. The number of aryl methyl sites for hydroxylation is 2. The van der Waals surface area contributed by atoms with Gasteiger partial charge >= 0.3 is 0 Å². The second-order valence-electron chi connectivity index (χ2n) is 6.48. The molecule has 5 heteroatoms. The Bertz CT molecular complexity index is 816. The van der Waals surface area contributed by atoms with Crippen molar-refractivity contribution in [3.8, 4) is 5.75 Å². The number of methoxy groups -OCH3 is 1. The van der Waals surface area contributed by atoms with Gasteiger partial charge in [0.2, 0.25) is 11.8 Å². The fraction of sp³-hybridized carbons (Fsp3) is 0.300. The van der Waals surface area contributed by atoms with Crippen molar-refractivity contribution in [3.63, 3.8) is 0 Å². The summed E-state index contributed by atoms with van der Waals surface area (Å²) < 4.78 is 5.14. The molecular weight excluding hydrogens is 316 g/mol. The predicted molar refractivity (Wildman–Crippen MR) is 97.8 cm³/mol. The third kappa shape index (κ3) is 3.99. The number of carbonyl (C=O) groups is 2. The van der Waals surface area contributed by atoms with E-state index in [1.807, 2.05) is 44.2 Å². The number of rotatable bonds is 5. The molecule has 2 N–H and O–H groups in total. The zero-order valence-corrected chi connectivity index (χ0v) is 14.6. The standard InChI is InChI=1S/C20H22N2O3/c1-12-7-8-18(13(2)9-12)22-20(24)17-11-16(17)19(23)21-14-5-4-6-15(10-14)25-3/h4-10,16-17H,11H2,1-3H3,(H,21,23)(H,22,24). The summed E-state index contributed by atoms with van der Waals surface area (Å²) in [6, 6.07) is 13.1. The molecule has 0 aromatic heterocycles. The maximum atomic E-state index is 12.4. The van der Waals surface area contributed by atoms with E-state index < -0.39 is 0 Å². The minimum atomic E-state index is -0.281. The predicted octanol–water partition coefficient (Wildman–Crippen LogP) is 3.53. The molecule has 0 aliphatic heterocycles. The fourth-order valence-corrected chi connectivity index (χ4v) is 2.89. The van der Waals surface area contributed by atoms with E-state index in [0.717, 1.165) is 16.8 Å². The largest absolute Gasteiger partial charge is 0.497 e. The topological polar surface area (TPSA) is 67.4 Å². The van der Waals surface area contributed by atoms with Crippen LogP contribution >= 0.6 is 0 Å². The molecule has 1 saturated carbocycles. The van der Waals surface area contributed by atoms with E-state index in [2.05, 4.69) is 10.6 Å². The van der Waals surface area contributed by atoms with Crippen molar-refractivity contribution in [2.45, 2.75) is 20.3 Å². The maximum Gasteiger partial charge on any atom is 0.228 e. The molecule has 0 spiro atoms. The lowest BCUT2D eigenvalue weighted by atomic mass is 10.1. The molecule has 1 fully saturated rings. The first-order valence-electron chi connectivity index (χ1n) is 8.31. The number of nitrogens with one attached hydrogen (secondary N) is 2. The second kappa shape index (κ2) is 6.97. The van der Waals surface area contributed by atoms with E-state index >= 15 is 0 Å². The van der Waals surface area contributed by atoms with Gasteiger partial charge in [-0.2, -0.15) is 0 Å². The van der Waals surface area contributed by atoms with Crippen LogP contribution in [0.15, 0.2) is 42.5 Å². The molecule has 1 aliphatic carbocycles. The zero-order chi connectivity index (χ0) is 18.0. The van der Waals surface area contributed by atoms with Gasteiger partial charge in [0.25, 0.3) is 0 Å². The summed E-state index contributed by atoms with van der Waals surface area (Å²) in [6.45, 7) is 3.97. The third-order valence-electron chi connectivity index (χ3n) is 4.44. The average molecular weight is 338 g/mol. The van der Waals surface area contributed by atoms with Crippen LogP contribution in [0.2, 0.25) is 0 Å². The Morgan fingerprint density at radius 2 is 1.72 bits per heavy atom. The van der Waals surface area contributed by atoms with Crippen LogP contribution in [-0.2, 0) is 9.59 Å². The Kier molecular flexibility index (Phi) is 4.74.